The summed E-state index contributed by atoms with van der Waals surface area (Å²) in [6.07, 6.45) is 0. The van der Waals surface area contributed by atoms with Gasteiger partial charge in [-0.25, -0.2) is 0 Å². The Balaban J connectivity index is 1.87. The zero-order chi connectivity index (χ0) is 14.6. The molecule has 0 aliphatic heterocycles. The van der Waals surface area contributed by atoms with Crippen molar-refractivity contribution >= 4 is 22.6 Å². The van der Waals surface area contributed by atoms with Gasteiger partial charge in [-0.15, -0.1) is 0 Å². The van der Waals surface area contributed by atoms with E-state index in [1.54, 1.807) is 0 Å². The van der Waals surface area contributed by atoms with Crippen molar-refractivity contribution in [3.8, 4) is 5.75 Å². The molecule has 0 atom stereocenters. The first-order chi connectivity index (χ1) is 9.42. The summed E-state index contributed by atoms with van der Waals surface area (Å²) in [5, 5.41) is 3.40. The molecule has 1 aromatic heterocycles. The Morgan fingerprint density at radius 3 is 2.60 bits per heavy atom. The molecule has 0 aliphatic carbocycles. The van der Waals surface area contributed by atoms with Crippen molar-refractivity contribution < 1.29 is 9.15 Å². The highest BCUT2D eigenvalue weighted by Crippen LogP contribution is 2.17. The van der Waals surface area contributed by atoms with Crippen LogP contribution in [0.1, 0.15) is 32.3 Å². The third-order valence-corrected chi connectivity index (χ3v) is 3.36. The SMILES string of the molecule is CC(C)(C)NCc1ccc(COc2cccc(I)c2)o1. The molecule has 4 heteroatoms. The number of nitrogens with one attached hydrogen (secondary N) is 1. The van der Waals surface area contributed by atoms with E-state index in [4.69, 9.17) is 9.15 Å². The van der Waals surface area contributed by atoms with Gasteiger partial charge in [0.25, 0.3) is 0 Å². The fourth-order valence-corrected chi connectivity index (χ4v) is 2.17. The van der Waals surface area contributed by atoms with Gasteiger partial charge in [0.15, 0.2) is 0 Å². The highest BCUT2D eigenvalue weighted by atomic mass is 127. The van der Waals surface area contributed by atoms with E-state index in [0.29, 0.717) is 6.61 Å². The maximum atomic E-state index is 5.74. The molecule has 0 aliphatic rings. The molecule has 0 spiro atoms. The first-order valence-electron chi connectivity index (χ1n) is 6.63. The summed E-state index contributed by atoms with van der Waals surface area (Å²) in [5.74, 6) is 2.64. The number of hydrogen-bond acceptors (Lipinski definition) is 3. The second kappa shape index (κ2) is 6.63. The van der Waals surface area contributed by atoms with Crippen molar-refractivity contribution in [2.24, 2.45) is 0 Å². The molecule has 0 saturated heterocycles. The van der Waals surface area contributed by atoms with Gasteiger partial charge in [-0.1, -0.05) is 6.07 Å². The molecule has 0 fully saturated rings. The van der Waals surface area contributed by atoms with Crippen LogP contribution in [0.4, 0.5) is 0 Å². The molecule has 2 aromatic rings. The van der Waals surface area contributed by atoms with Crippen LogP contribution in [-0.4, -0.2) is 5.54 Å². The number of rotatable bonds is 5. The summed E-state index contributed by atoms with van der Waals surface area (Å²) >= 11 is 2.27. The van der Waals surface area contributed by atoms with Crippen LogP contribution in [0.25, 0.3) is 0 Å². The summed E-state index contributed by atoms with van der Waals surface area (Å²) < 4.78 is 12.6. The van der Waals surface area contributed by atoms with Gasteiger partial charge in [0.05, 0.1) is 6.54 Å². The van der Waals surface area contributed by atoms with Crippen LogP contribution in [0, 0.1) is 3.57 Å². The Hall–Kier alpha value is -1.01. The predicted octanol–water partition coefficient (Wildman–Crippen LogP) is 4.35. The molecule has 0 amide bonds. The van der Waals surface area contributed by atoms with Gasteiger partial charge in [-0.05, 0) is 73.7 Å². The molecule has 0 saturated carbocycles. The fraction of sp³-hybridized carbons (Fsp3) is 0.375. The largest absolute Gasteiger partial charge is 0.486 e. The molecule has 1 N–H and O–H groups in total. The summed E-state index contributed by atoms with van der Waals surface area (Å²) in [7, 11) is 0. The molecular weight excluding hydrogens is 365 g/mol. The van der Waals surface area contributed by atoms with E-state index in [2.05, 4.69) is 48.7 Å². The molecule has 2 rings (SSSR count). The minimum atomic E-state index is 0.0875. The monoisotopic (exact) mass is 385 g/mol. The molecule has 0 radical (unpaired) electrons. The van der Waals surface area contributed by atoms with Crippen molar-refractivity contribution in [1.82, 2.24) is 5.32 Å². The Morgan fingerprint density at radius 2 is 1.90 bits per heavy atom. The maximum absolute atomic E-state index is 5.74. The minimum Gasteiger partial charge on any atom is -0.486 e. The number of furan rings is 1. The lowest BCUT2D eigenvalue weighted by atomic mass is 10.1. The van der Waals surface area contributed by atoms with Crippen molar-refractivity contribution in [2.45, 2.75) is 39.5 Å². The minimum absolute atomic E-state index is 0.0875. The van der Waals surface area contributed by atoms with Gasteiger partial charge in [-0.2, -0.15) is 0 Å². The van der Waals surface area contributed by atoms with Gasteiger partial charge in [0.1, 0.15) is 23.9 Å². The third kappa shape index (κ3) is 5.17. The van der Waals surface area contributed by atoms with Crippen molar-refractivity contribution in [3.63, 3.8) is 0 Å². The van der Waals surface area contributed by atoms with Crippen LogP contribution >= 0.6 is 22.6 Å². The van der Waals surface area contributed by atoms with Crippen molar-refractivity contribution in [2.75, 3.05) is 0 Å². The Bertz CT molecular complexity index is 558. The van der Waals surface area contributed by atoms with E-state index < -0.39 is 0 Å². The Kier molecular flexibility index (Phi) is 5.10. The lowest BCUT2D eigenvalue weighted by Gasteiger charge is -2.19. The number of ether oxygens (including phenoxy) is 1. The summed E-state index contributed by atoms with van der Waals surface area (Å²) in [6, 6.07) is 11.9. The van der Waals surface area contributed by atoms with Crippen LogP contribution in [-0.2, 0) is 13.2 Å². The van der Waals surface area contributed by atoms with Gasteiger partial charge in [0.2, 0.25) is 0 Å². The molecule has 20 heavy (non-hydrogen) atoms. The summed E-state index contributed by atoms with van der Waals surface area (Å²) in [4.78, 5) is 0. The number of hydrogen-bond donors (Lipinski definition) is 1. The highest BCUT2D eigenvalue weighted by Gasteiger charge is 2.10. The van der Waals surface area contributed by atoms with Crippen LogP contribution < -0.4 is 10.1 Å². The maximum Gasteiger partial charge on any atom is 0.146 e. The van der Waals surface area contributed by atoms with E-state index >= 15 is 0 Å². The summed E-state index contributed by atoms with van der Waals surface area (Å²) in [5.41, 5.74) is 0.0875. The fourth-order valence-electron chi connectivity index (χ4n) is 1.66. The second-order valence-corrected chi connectivity index (χ2v) is 6.96. The van der Waals surface area contributed by atoms with Crippen molar-refractivity contribution in [3.05, 3.63) is 51.5 Å². The second-order valence-electron chi connectivity index (χ2n) is 5.72. The van der Waals surface area contributed by atoms with E-state index in [-0.39, 0.29) is 5.54 Å². The van der Waals surface area contributed by atoms with Crippen LogP contribution in [0.5, 0.6) is 5.75 Å². The van der Waals surface area contributed by atoms with E-state index in [9.17, 15) is 0 Å². The first-order valence-corrected chi connectivity index (χ1v) is 7.71. The molecule has 0 unspecified atom stereocenters. The van der Waals surface area contributed by atoms with E-state index in [1.165, 1.54) is 0 Å². The molecular formula is C16H20INO2. The number of benzene rings is 1. The van der Waals surface area contributed by atoms with Gasteiger partial charge < -0.3 is 14.5 Å². The zero-order valence-corrected chi connectivity index (χ0v) is 14.2. The first kappa shape index (κ1) is 15.4. The normalized spacial score (nSPS) is 11.6. The molecule has 108 valence electrons. The van der Waals surface area contributed by atoms with Crippen LogP contribution in [0.3, 0.4) is 0 Å². The smallest absolute Gasteiger partial charge is 0.146 e. The number of halogens is 1. The lowest BCUT2D eigenvalue weighted by Crippen LogP contribution is -2.34. The van der Waals surface area contributed by atoms with Crippen molar-refractivity contribution in [1.29, 1.82) is 0 Å². The van der Waals surface area contributed by atoms with Gasteiger partial charge in [-0.3, -0.25) is 0 Å². The topological polar surface area (TPSA) is 34.4 Å². The third-order valence-electron chi connectivity index (χ3n) is 2.69. The average Bonchev–Trinajstić information content (AvgIpc) is 2.81. The Morgan fingerprint density at radius 1 is 1.15 bits per heavy atom. The van der Waals surface area contributed by atoms with E-state index in [0.717, 1.165) is 27.4 Å². The molecule has 1 heterocycles. The molecule has 3 nitrogen and oxygen atoms in total. The Labute approximate surface area is 133 Å². The lowest BCUT2D eigenvalue weighted by molar-refractivity contribution is 0.263. The average molecular weight is 385 g/mol. The van der Waals surface area contributed by atoms with Crippen LogP contribution in [0.2, 0.25) is 0 Å². The van der Waals surface area contributed by atoms with Crippen LogP contribution in [0.15, 0.2) is 40.8 Å². The summed E-state index contributed by atoms with van der Waals surface area (Å²) in [6.45, 7) is 7.59. The molecule has 1 aromatic carbocycles. The molecule has 0 bridgehead atoms. The standard InChI is InChI=1S/C16H20INO2/c1-16(2,3)18-10-14-7-8-15(20-14)11-19-13-6-4-5-12(17)9-13/h4-9,18H,10-11H2,1-3H3. The zero-order valence-electron chi connectivity index (χ0n) is 12.1. The quantitative estimate of drug-likeness (QED) is 0.778. The highest BCUT2D eigenvalue weighted by molar-refractivity contribution is 14.1. The van der Waals surface area contributed by atoms with Gasteiger partial charge in [0, 0.05) is 9.11 Å². The van der Waals surface area contributed by atoms with E-state index in [1.807, 2.05) is 36.4 Å². The van der Waals surface area contributed by atoms with Gasteiger partial charge >= 0.3 is 0 Å². The predicted molar refractivity (Wildman–Crippen MR) is 88.8 cm³/mol.